The van der Waals surface area contributed by atoms with Crippen molar-refractivity contribution in [1.82, 2.24) is 19.9 Å². The van der Waals surface area contributed by atoms with Crippen molar-refractivity contribution in [3.63, 3.8) is 0 Å². The molecule has 1 amide bonds. The van der Waals surface area contributed by atoms with Crippen molar-refractivity contribution in [2.24, 2.45) is 0 Å². The monoisotopic (exact) mass is 392 g/mol. The molecule has 1 aliphatic heterocycles. The van der Waals surface area contributed by atoms with E-state index in [2.05, 4.69) is 9.97 Å². The fourth-order valence-electron chi connectivity index (χ4n) is 3.75. The first-order valence-corrected chi connectivity index (χ1v) is 9.91. The van der Waals surface area contributed by atoms with Gasteiger partial charge in [-0.05, 0) is 50.5 Å². The molecule has 0 aliphatic carbocycles. The van der Waals surface area contributed by atoms with E-state index in [-0.39, 0.29) is 11.8 Å². The number of hydrogen-bond donors (Lipinski definition) is 0. The average Bonchev–Trinajstić information content (AvgIpc) is 3.23. The smallest absolute Gasteiger partial charge is 0.289 e. The van der Waals surface area contributed by atoms with Gasteiger partial charge in [-0.15, -0.1) is 0 Å². The highest BCUT2D eigenvalue weighted by Gasteiger charge is 2.29. The van der Waals surface area contributed by atoms with Gasteiger partial charge in [0, 0.05) is 49.2 Å². The first kappa shape index (κ1) is 19.1. The predicted octanol–water partition coefficient (Wildman–Crippen LogP) is 3.86. The highest BCUT2D eigenvalue weighted by molar-refractivity contribution is 5.91. The van der Waals surface area contributed by atoms with Crippen LogP contribution in [0.15, 0.2) is 47.3 Å². The molecular weight excluding hydrogens is 368 g/mol. The Labute approximate surface area is 169 Å². The lowest BCUT2D eigenvalue weighted by Gasteiger charge is -2.32. The number of likely N-dealkylation sites (tertiary alicyclic amines) is 1. The molecule has 4 rings (SSSR count). The van der Waals surface area contributed by atoms with Crippen LogP contribution < -0.4 is 4.74 Å². The second kappa shape index (κ2) is 8.43. The highest BCUT2D eigenvalue weighted by atomic mass is 16.6. The number of aromatic nitrogens is 3. The summed E-state index contributed by atoms with van der Waals surface area (Å²) in [6.07, 6.45) is 7.29. The standard InChI is InChI=1S/C22H24N4O3/c1-3-28-20-7-6-19(29-20)22(27)26-12-4-5-17(14-26)21-18(13-24-15(2)25-21)16-8-10-23-11-9-16/h6-11,13,17H,3-5,12,14H2,1-2H3/t17-/m1/s1. The second-order valence-corrected chi connectivity index (χ2v) is 7.09. The van der Waals surface area contributed by atoms with Crippen LogP contribution in [0.4, 0.5) is 0 Å². The molecular formula is C22H24N4O3. The normalized spacial score (nSPS) is 16.6. The van der Waals surface area contributed by atoms with Crippen LogP contribution in [0.25, 0.3) is 11.1 Å². The maximum absolute atomic E-state index is 13.0. The zero-order chi connectivity index (χ0) is 20.2. The predicted molar refractivity (Wildman–Crippen MR) is 108 cm³/mol. The van der Waals surface area contributed by atoms with Crippen LogP contribution in [0.2, 0.25) is 0 Å². The minimum absolute atomic E-state index is 0.114. The zero-order valence-electron chi connectivity index (χ0n) is 16.7. The van der Waals surface area contributed by atoms with Crippen LogP contribution in [-0.4, -0.2) is 45.5 Å². The molecule has 1 aliphatic rings. The lowest BCUT2D eigenvalue weighted by molar-refractivity contribution is 0.0666. The minimum Gasteiger partial charge on any atom is -0.465 e. The fraction of sp³-hybridized carbons (Fsp3) is 0.364. The van der Waals surface area contributed by atoms with Crippen LogP contribution in [0.1, 0.15) is 47.8 Å². The molecule has 4 heterocycles. The van der Waals surface area contributed by atoms with Gasteiger partial charge in [0.05, 0.1) is 12.3 Å². The first-order valence-electron chi connectivity index (χ1n) is 9.91. The number of carbonyl (C=O) groups is 1. The Morgan fingerprint density at radius 1 is 1.28 bits per heavy atom. The number of piperidine rings is 1. The molecule has 1 fully saturated rings. The van der Waals surface area contributed by atoms with E-state index < -0.39 is 0 Å². The van der Waals surface area contributed by atoms with Crippen LogP contribution in [0.5, 0.6) is 5.95 Å². The Balaban J connectivity index is 1.58. The lowest BCUT2D eigenvalue weighted by atomic mass is 9.90. The van der Waals surface area contributed by atoms with Gasteiger partial charge in [-0.25, -0.2) is 9.97 Å². The van der Waals surface area contributed by atoms with Gasteiger partial charge in [0.2, 0.25) is 0 Å². The number of rotatable bonds is 5. The Bertz CT molecular complexity index is 987. The number of carbonyl (C=O) groups excluding carboxylic acids is 1. The summed E-state index contributed by atoms with van der Waals surface area (Å²) in [5.74, 6) is 1.43. The quantitative estimate of drug-likeness (QED) is 0.656. The Morgan fingerprint density at radius 2 is 2.10 bits per heavy atom. The SMILES string of the molecule is CCOc1ccc(C(=O)N2CCC[C@@H](c3nc(C)ncc3-c3ccncc3)C2)o1. The summed E-state index contributed by atoms with van der Waals surface area (Å²) in [6, 6.07) is 7.28. The molecule has 0 spiro atoms. The van der Waals surface area contributed by atoms with Crippen molar-refractivity contribution < 1.29 is 13.9 Å². The van der Waals surface area contributed by atoms with Crippen molar-refractivity contribution in [2.75, 3.05) is 19.7 Å². The van der Waals surface area contributed by atoms with Gasteiger partial charge < -0.3 is 14.1 Å². The third-order valence-corrected chi connectivity index (χ3v) is 5.10. The lowest BCUT2D eigenvalue weighted by Crippen LogP contribution is -2.39. The van der Waals surface area contributed by atoms with Crippen LogP contribution in [0, 0.1) is 6.92 Å². The molecule has 0 N–H and O–H groups in total. The van der Waals surface area contributed by atoms with E-state index in [9.17, 15) is 4.79 Å². The van der Waals surface area contributed by atoms with Gasteiger partial charge in [-0.1, -0.05) is 0 Å². The van der Waals surface area contributed by atoms with Gasteiger partial charge in [-0.3, -0.25) is 9.78 Å². The topological polar surface area (TPSA) is 81.4 Å². The first-order chi connectivity index (χ1) is 14.2. The average molecular weight is 392 g/mol. The fourth-order valence-corrected chi connectivity index (χ4v) is 3.75. The van der Waals surface area contributed by atoms with E-state index >= 15 is 0 Å². The van der Waals surface area contributed by atoms with Gasteiger partial charge in [-0.2, -0.15) is 0 Å². The summed E-state index contributed by atoms with van der Waals surface area (Å²) in [6.45, 7) is 5.57. The maximum Gasteiger partial charge on any atom is 0.289 e. The molecule has 1 atom stereocenters. The molecule has 3 aromatic rings. The van der Waals surface area contributed by atoms with Crippen LogP contribution in [0.3, 0.4) is 0 Å². The van der Waals surface area contributed by atoms with Gasteiger partial charge in [0.15, 0.2) is 5.76 Å². The van der Waals surface area contributed by atoms with E-state index in [0.717, 1.165) is 35.5 Å². The zero-order valence-corrected chi connectivity index (χ0v) is 16.7. The molecule has 7 heteroatoms. The van der Waals surface area contributed by atoms with E-state index in [0.29, 0.717) is 31.4 Å². The van der Waals surface area contributed by atoms with E-state index in [1.54, 1.807) is 24.5 Å². The van der Waals surface area contributed by atoms with Crippen molar-refractivity contribution >= 4 is 5.91 Å². The van der Waals surface area contributed by atoms with Crippen LogP contribution >= 0.6 is 0 Å². The maximum atomic E-state index is 13.0. The van der Waals surface area contributed by atoms with E-state index in [1.807, 2.05) is 37.1 Å². The van der Waals surface area contributed by atoms with E-state index in [4.69, 9.17) is 14.1 Å². The molecule has 7 nitrogen and oxygen atoms in total. The Kier molecular flexibility index (Phi) is 5.55. The molecule has 0 saturated carbocycles. The summed E-state index contributed by atoms with van der Waals surface area (Å²) < 4.78 is 10.9. The summed E-state index contributed by atoms with van der Waals surface area (Å²) in [5.41, 5.74) is 3.01. The van der Waals surface area contributed by atoms with Crippen molar-refractivity contribution in [1.29, 1.82) is 0 Å². The van der Waals surface area contributed by atoms with Crippen molar-refractivity contribution in [2.45, 2.75) is 32.6 Å². The number of ether oxygens (including phenoxy) is 1. The van der Waals surface area contributed by atoms with Gasteiger partial charge in [0.1, 0.15) is 5.82 Å². The summed E-state index contributed by atoms with van der Waals surface area (Å²) >= 11 is 0. The van der Waals surface area contributed by atoms with Crippen molar-refractivity contribution in [3.8, 4) is 17.1 Å². The van der Waals surface area contributed by atoms with Crippen molar-refractivity contribution in [3.05, 3.63) is 60.1 Å². The third-order valence-electron chi connectivity index (χ3n) is 5.10. The minimum atomic E-state index is -0.114. The number of hydrogen-bond acceptors (Lipinski definition) is 6. The van der Waals surface area contributed by atoms with Gasteiger partial charge in [0.25, 0.3) is 11.9 Å². The molecule has 0 aromatic carbocycles. The van der Waals surface area contributed by atoms with Gasteiger partial charge >= 0.3 is 0 Å². The molecule has 3 aromatic heterocycles. The molecule has 29 heavy (non-hydrogen) atoms. The summed E-state index contributed by atoms with van der Waals surface area (Å²) in [7, 11) is 0. The number of nitrogens with zero attached hydrogens (tertiary/aromatic N) is 4. The largest absolute Gasteiger partial charge is 0.465 e. The number of aryl methyl sites for hydroxylation is 1. The van der Waals surface area contributed by atoms with E-state index in [1.165, 1.54) is 0 Å². The molecule has 1 saturated heterocycles. The Morgan fingerprint density at radius 3 is 2.90 bits per heavy atom. The van der Waals surface area contributed by atoms with Crippen LogP contribution in [-0.2, 0) is 0 Å². The number of amides is 1. The second-order valence-electron chi connectivity index (χ2n) is 7.09. The number of furan rings is 1. The molecule has 0 unspecified atom stereocenters. The third kappa shape index (κ3) is 4.13. The summed E-state index contributed by atoms with van der Waals surface area (Å²) in [5, 5.41) is 0. The Hall–Kier alpha value is -3.22. The molecule has 0 radical (unpaired) electrons. The molecule has 150 valence electrons. The number of pyridine rings is 1. The summed E-state index contributed by atoms with van der Waals surface area (Å²) in [4.78, 5) is 28.0. The molecule has 0 bridgehead atoms. The highest BCUT2D eigenvalue weighted by Crippen LogP contribution is 2.33.